The van der Waals surface area contributed by atoms with Gasteiger partial charge in [0.2, 0.25) is 0 Å². The quantitative estimate of drug-likeness (QED) is 0.419. The number of hydrogen-bond acceptors (Lipinski definition) is 6. The summed E-state index contributed by atoms with van der Waals surface area (Å²) < 4.78 is 0. The molecule has 4 N–H and O–H groups in total. The lowest BCUT2D eigenvalue weighted by atomic mass is 10.0. The number of hydrogen-bond donors (Lipinski definition) is 4. The molecule has 0 saturated heterocycles. The average Bonchev–Trinajstić information content (AvgIpc) is 2.37. The summed E-state index contributed by atoms with van der Waals surface area (Å²) >= 11 is 0. The molecule has 19 heavy (non-hydrogen) atoms. The fourth-order valence-electron chi connectivity index (χ4n) is 1.61. The smallest absolute Gasteiger partial charge is 0.335 e. The van der Waals surface area contributed by atoms with Crippen LogP contribution in [0.15, 0.2) is 18.2 Å². The first-order chi connectivity index (χ1) is 8.88. The van der Waals surface area contributed by atoms with Crippen molar-refractivity contribution in [2.75, 3.05) is 13.6 Å². The molecular weight excluding hydrogens is 256 g/mol. The third-order valence-electron chi connectivity index (χ3n) is 2.57. The van der Waals surface area contributed by atoms with Crippen LogP contribution in [-0.2, 0) is 0 Å². The predicted molar refractivity (Wildman–Crippen MR) is 64.9 cm³/mol. The first kappa shape index (κ1) is 15.0. The molecule has 1 rings (SSSR count). The van der Waals surface area contributed by atoms with E-state index in [-0.39, 0.29) is 17.7 Å². The topological polar surface area (TPSA) is 133 Å². The van der Waals surface area contributed by atoms with Gasteiger partial charge in [-0.2, -0.15) is 0 Å². The SMILES string of the molecule is CNCC(O)C(O)c1ccc(C(=O)O)cc1[N+](=O)[O-]. The number of aromatic carboxylic acids is 1. The summed E-state index contributed by atoms with van der Waals surface area (Å²) in [5.74, 6) is -1.31. The number of nitro benzene ring substituents is 1. The highest BCUT2D eigenvalue weighted by molar-refractivity contribution is 5.88. The Balaban J connectivity index is 3.20. The second kappa shape index (κ2) is 6.23. The Hall–Kier alpha value is -2.03. The first-order valence-electron chi connectivity index (χ1n) is 5.40. The van der Waals surface area contributed by atoms with Crippen molar-refractivity contribution in [1.29, 1.82) is 0 Å². The minimum Gasteiger partial charge on any atom is -0.478 e. The molecule has 0 amide bonds. The minimum absolute atomic E-state index is 0.0407. The van der Waals surface area contributed by atoms with Crippen molar-refractivity contribution in [3.05, 3.63) is 39.4 Å². The average molecular weight is 270 g/mol. The molecule has 8 heteroatoms. The molecule has 0 heterocycles. The van der Waals surface area contributed by atoms with E-state index in [1.165, 1.54) is 0 Å². The van der Waals surface area contributed by atoms with Crippen LogP contribution in [0.2, 0.25) is 0 Å². The van der Waals surface area contributed by atoms with E-state index >= 15 is 0 Å². The molecular formula is C11H14N2O6. The molecule has 8 nitrogen and oxygen atoms in total. The molecule has 0 radical (unpaired) electrons. The van der Waals surface area contributed by atoms with Crippen LogP contribution >= 0.6 is 0 Å². The number of rotatable bonds is 6. The van der Waals surface area contributed by atoms with Crippen LogP contribution in [0.3, 0.4) is 0 Å². The zero-order chi connectivity index (χ0) is 14.6. The van der Waals surface area contributed by atoms with Gasteiger partial charge in [-0.15, -0.1) is 0 Å². The van der Waals surface area contributed by atoms with Gasteiger partial charge in [0.15, 0.2) is 0 Å². The largest absolute Gasteiger partial charge is 0.478 e. The maximum Gasteiger partial charge on any atom is 0.335 e. The fourth-order valence-corrected chi connectivity index (χ4v) is 1.61. The number of carboxylic acid groups (broad SMARTS) is 1. The summed E-state index contributed by atoms with van der Waals surface area (Å²) in [4.78, 5) is 20.8. The molecule has 0 saturated carbocycles. The van der Waals surface area contributed by atoms with Crippen molar-refractivity contribution in [3.63, 3.8) is 0 Å². The van der Waals surface area contributed by atoms with E-state index in [9.17, 15) is 25.1 Å². The molecule has 104 valence electrons. The first-order valence-corrected chi connectivity index (χ1v) is 5.40. The standard InChI is InChI=1S/C11H14N2O6/c1-12-5-9(14)10(15)7-3-2-6(11(16)17)4-8(7)13(18)19/h2-4,9-10,12,14-15H,5H2,1H3,(H,16,17). The van der Waals surface area contributed by atoms with E-state index in [1.54, 1.807) is 7.05 Å². The van der Waals surface area contributed by atoms with Crippen LogP contribution in [0, 0.1) is 10.1 Å². The molecule has 2 atom stereocenters. The Labute approximate surface area is 108 Å². The number of benzene rings is 1. The maximum absolute atomic E-state index is 10.9. The normalized spacial score (nSPS) is 13.8. The molecule has 2 unspecified atom stereocenters. The van der Waals surface area contributed by atoms with Crippen molar-refractivity contribution in [2.24, 2.45) is 0 Å². The van der Waals surface area contributed by atoms with Crippen molar-refractivity contribution in [2.45, 2.75) is 12.2 Å². The molecule has 0 spiro atoms. The number of likely N-dealkylation sites (N-methyl/N-ethyl adjacent to an activating group) is 1. The molecule has 0 aliphatic carbocycles. The van der Waals surface area contributed by atoms with E-state index in [0.717, 1.165) is 18.2 Å². The van der Waals surface area contributed by atoms with Crippen LogP contribution in [-0.4, -0.2) is 45.9 Å². The zero-order valence-corrected chi connectivity index (χ0v) is 10.1. The van der Waals surface area contributed by atoms with Crippen LogP contribution < -0.4 is 5.32 Å². The molecule has 0 aromatic heterocycles. The van der Waals surface area contributed by atoms with Crippen molar-refractivity contribution < 1.29 is 25.0 Å². The van der Waals surface area contributed by atoms with Crippen LogP contribution in [0.1, 0.15) is 22.0 Å². The van der Waals surface area contributed by atoms with Gasteiger partial charge in [0.05, 0.1) is 22.2 Å². The van der Waals surface area contributed by atoms with Crippen LogP contribution in [0.25, 0.3) is 0 Å². The van der Waals surface area contributed by atoms with Crippen LogP contribution in [0.5, 0.6) is 0 Å². The molecule has 1 aromatic rings. The van der Waals surface area contributed by atoms with Gasteiger partial charge in [-0.3, -0.25) is 10.1 Å². The minimum atomic E-state index is -1.48. The summed E-state index contributed by atoms with van der Waals surface area (Å²) in [7, 11) is 1.55. The van der Waals surface area contributed by atoms with Gasteiger partial charge in [0.1, 0.15) is 6.10 Å². The highest BCUT2D eigenvalue weighted by Gasteiger charge is 2.27. The lowest BCUT2D eigenvalue weighted by Crippen LogP contribution is -2.30. The number of nitrogens with zero attached hydrogens (tertiary/aromatic N) is 1. The second-order valence-corrected chi connectivity index (χ2v) is 3.91. The summed E-state index contributed by atoms with van der Waals surface area (Å²) in [5, 5.41) is 41.7. The van der Waals surface area contributed by atoms with Crippen molar-refractivity contribution >= 4 is 11.7 Å². The van der Waals surface area contributed by atoms with Crippen molar-refractivity contribution in [3.8, 4) is 0 Å². The summed E-state index contributed by atoms with van der Waals surface area (Å²) in [6, 6.07) is 3.12. The number of carboxylic acids is 1. The van der Waals surface area contributed by atoms with Gasteiger partial charge in [0.25, 0.3) is 5.69 Å². The van der Waals surface area contributed by atoms with Gasteiger partial charge in [-0.1, -0.05) is 0 Å². The number of aliphatic hydroxyl groups excluding tert-OH is 2. The molecule has 0 aliphatic heterocycles. The number of nitro groups is 1. The Kier molecular flexibility index (Phi) is 4.93. The Morgan fingerprint density at radius 1 is 1.47 bits per heavy atom. The zero-order valence-electron chi connectivity index (χ0n) is 10.1. The Morgan fingerprint density at radius 2 is 2.11 bits per heavy atom. The lowest BCUT2D eigenvalue weighted by Gasteiger charge is -2.17. The fraction of sp³-hybridized carbons (Fsp3) is 0.364. The highest BCUT2D eigenvalue weighted by Crippen LogP contribution is 2.28. The van der Waals surface area contributed by atoms with Gasteiger partial charge < -0.3 is 20.6 Å². The third kappa shape index (κ3) is 3.47. The van der Waals surface area contributed by atoms with E-state index in [1.807, 2.05) is 0 Å². The number of nitrogens with one attached hydrogen (secondary N) is 1. The number of carbonyl (C=O) groups is 1. The van der Waals surface area contributed by atoms with Gasteiger partial charge >= 0.3 is 5.97 Å². The molecule has 0 fully saturated rings. The summed E-state index contributed by atoms with van der Waals surface area (Å²) in [6.07, 6.45) is -2.71. The van der Waals surface area contributed by atoms with Gasteiger partial charge in [-0.25, -0.2) is 4.79 Å². The molecule has 1 aromatic carbocycles. The Morgan fingerprint density at radius 3 is 2.58 bits per heavy atom. The number of aliphatic hydroxyl groups is 2. The van der Waals surface area contributed by atoms with E-state index < -0.39 is 28.8 Å². The van der Waals surface area contributed by atoms with Gasteiger partial charge in [0, 0.05) is 12.6 Å². The van der Waals surface area contributed by atoms with E-state index in [0.29, 0.717) is 0 Å². The maximum atomic E-state index is 10.9. The monoisotopic (exact) mass is 270 g/mol. The van der Waals surface area contributed by atoms with Crippen molar-refractivity contribution in [1.82, 2.24) is 5.32 Å². The molecule has 0 aliphatic rings. The highest BCUT2D eigenvalue weighted by atomic mass is 16.6. The summed E-state index contributed by atoms with van der Waals surface area (Å²) in [6.45, 7) is 0.0407. The Bertz CT molecular complexity index is 490. The third-order valence-corrected chi connectivity index (χ3v) is 2.57. The second-order valence-electron chi connectivity index (χ2n) is 3.91. The predicted octanol–water partition coefficient (Wildman–Crippen LogP) is -0.0933. The summed E-state index contributed by atoms with van der Waals surface area (Å²) in [5.41, 5.74) is -0.925. The van der Waals surface area contributed by atoms with Crippen LogP contribution in [0.4, 0.5) is 5.69 Å². The van der Waals surface area contributed by atoms with E-state index in [4.69, 9.17) is 5.11 Å². The van der Waals surface area contributed by atoms with E-state index in [2.05, 4.69) is 5.32 Å². The lowest BCUT2D eigenvalue weighted by molar-refractivity contribution is -0.386. The molecule has 0 bridgehead atoms. The van der Waals surface area contributed by atoms with Gasteiger partial charge in [-0.05, 0) is 19.2 Å².